The number of benzene rings is 3. The minimum atomic E-state index is -4.65. The number of hydrogen-bond acceptors (Lipinski definition) is 5. The summed E-state index contributed by atoms with van der Waals surface area (Å²) in [5.41, 5.74) is -1.34. The molecule has 33 heavy (non-hydrogen) atoms. The Morgan fingerprint density at radius 2 is 1.33 bits per heavy atom. The molecule has 176 valence electrons. The Morgan fingerprint density at radius 1 is 0.758 bits per heavy atom. The monoisotopic (exact) mass is 504 g/mol. The topological polar surface area (TPSA) is 102 Å². The first-order chi connectivity index (χ1) is 15.3. The van der Waals surface area contributed by atoms with Crippen molar-refractivity contribution in [3.8, 4) is 5.75 Å². The van der Waals surface area contributed by atoms with Crippen molar-refractivity contribution in [3.63, 3.8) is 0 Å². The Balaban J connectivity index is 1.79. The molecular weight excluding hydrogens is 488 g/mol. The number of methoxy groups -OCH3 is 1. The first-order valence-electron chi connectivity index (χ1n) is 8.98. The predicted molar refractivity (Wildman–Crippen MR) is 112 cm³/mol. The van der Waals surface area contributed by atoms with Crippen LogP contribution in [0.3, 0.4) is 0 Å². The number of nitrogens with one attached hydrogen (secondary N) is 2. The van der Waals surface area contributed by atoms with Crippen molar-refractivity contribution in [3.05, 3.63) is 78.1 Å². The second-order valence-electron chi connectivity index (χ2n) is 6.61. The van der Waals surface area contributed by atoms with E-state index in [1.54, 1.807) is 0 Å². The zero-order valence-corrected chi connectivity index (χ0v) is 18.4. The van der Waals surface area contributed by atoms with E-state index in [0.29, 0.717) is 6.07 Å². The molecule has 0 fully saturated rings. The van der Waals surface area contributed by atoms with Gasteiger partial charge in [0, 0.05) is 11.4 Å². The van der Waals surface area contributed by atoms with E-state index in [0.717, 1.165) is 60.7 Å². The van der Waals surface area contributed by atoms with Crippen molar-refractivity contribution >= 4 is 31.4 Å². The molecule has 0 saturated heterocycles. The highest BCUT2D eigenvalue weighted by molar-refractivity contribution is 7.93. The van der Waals surface area contributed by atoms with Gasteiger partial charge in [0.05, 0.1) is 22.5 Å². The lowest BCUT2D eigenvalue weighted by Crippen LogP contribution is -2.15. The van der Waals surface area contributed by atoms with E-state index in [1.165, 1.54) is 7.11 Å². The van der Waals surface area contributed by atoms with Crippen LogP contribution in [0.2, 0.25) is 0 Å². The summed E-state index contributed by atoms with van der Waals surface area (Å²) in [6.07, 6.45) is -4.65. The molecule has 0 aromatic heterocycles. The highest BCUT2D eigenvalue weighted by Gasteiger charge is 2.30. The SMILES string of the molecule is COc1ccc(S(=O)(=O)Nc2ccc(S(=O)(=O)Nc3cccc(C(F)(F)F)c3)cc2)cc1F. The van der Waals surface area contributed by atoms with Crippen LogP contribution in [0, 0.1) is 5.82 Å². The van der Waals surface area contributed by atoms with Gasteiger partial charge in [0.25, 0.3) is 20.0 Å². The number of hydrogen-bond donors (Lipinski definition) is 2. The molecule has 3 aromatic rings. The van der Waals surface area contributed by atoms with Gasteiger partial charge in [-0.1, -0.05) is 6.07 Å². The molecule has 0 aliphatic heterocycles. The van der Waals surface area contributed by atoms with Crippen LogP contribution < -0.4 is 14.2 Å². The predicted octanol–water partition coefficient (Wildman–Crippen LogP) is 4.45. The maximum atomic E-state index is 13.8. The maximum Gasteiger partial charge on any atom is 0.416 e. The summed E-state index contributed by atoms with van der Waals surface area (Å²) in [5.74, 6) is -1.03. The molecule has 7 nitrogen and oxygen atoms in total. The Labute approximate surface area is 187 Å². The van der Waals surface area contributed by atoms with E-state index < -0.39 is 37.6 Å². The van der Waals surface area contributed by atoms with E-state index in [4.69, 9.17) is 4.74 Å². The average molecular weight is 504 g/mol. The Bertz CT molecular complexity index is 1370. The van der Waals surface area contributed by atoms with Crippen LogP contribution in [0.5, 0.6) is 5.75 Å². The maximum absolute atomic E-state index is 13.8. The second-order valence-corrected chi connectivity index (χ2v) is 9.98. The third kappa shape index (κ3) is 5.73. The summed E-state index contributed by atoms with van der Waals surface area (Å²) < 4.78 is 111. The van der Waals surface area contributed by atoms with Crippen LogP contribution in [0.25, 0.3) is 0 Å². The fourth-order valence-electron chi connectivity index (χ4n) is 2.70. The van der Waals surface area contributed by atoms with Crippen LogP contribution in [0.4, 0.5) is 28.9 Å². The third-order valence-corrected chi connectivity index (χ3v) is 7.07. The van der Waals surface area contributed by atoms with Gasteiger partial charge in [-0.2, -0.15) is 13.2 Å². The smallest absolute Gasteiger partial charge is 0.416 e. The summed E-state index contributed by atoms with van der Waals surface area (Å²) in [4.78, 5) is -0.706. The minimum absolute atomic E-state index is 0.0238. The van der Waals surface area contributed by atoms with Crippen LogP contribution >= 0.6 is 0 Å². The minimum Gasteiger partial charge on any atom is -0.494 e. The summed E-state index contributed by atoms with van der Waals surface area (Å²) in [7, 11) is -7.23. The van der Waals surface area contributed by atoms with Crippen molar-refractivity contribution < 1.29 is 39.1 Å². The van der Waals surface area contributed by atoms with Gasteiger partial charge >= 0.3 is 6.18 Å². The van der Waals surface area contributed by atoms with Gasteiger partial charge < -0.3 is 4.74 Å². The number of ether oxygens (including phenoxy) is 1. The Morgan fingerprint density at radius 3 is 1.91 bits per heavy atom. The quantitative estimate of drug-likeness (QED) is 0.463. The first-order valence-corrected chi connectivity index (χ1v) is 11.9. The summed E-state index contributed by atoms with van der Waals surface area (Å²) in [6.45, 7) is 0. The van der Waals surface area contributed by atoms with Crippen molar-refractivity contribution in [1.29, 1.82) is 0 Å². The Kier molecular flexibility index (Phi) is 6.56. The van der Waals surface area contributed by atoms with E-state index in [2.05, 4.69) is 4.72 Å². The van der Waals surface area contributed by atoms with Gasteiger partial charge in [-0.05, 0) is 60.7 Å². The highest BCUT2D eigenvalue weighted by atomic mass is 32.2. The lowest BCUT2D eigenvalue weighted by atomic mass is 10.2. The van der Waals surface area contributed by atoms with Gasteiger partial charge in [-0.15, -0.1) is 0 Å². The van der Waals surface area contributed by atoms with Crippen LogP contribution in [-0.4, -0.2) is 23.9 Å². The van der Waals surface area contributed by atoms with Gasteiger partial charge in [-0.25, -0.2) is 21.2 Å². The zero-order chi connectivity index (χ0) is 24.4. The van der Waals surface area contributed by atoms with Crippen LogP contribution in [0.1, 0.15) is 5.56 Å². The molecule has 0 heterocycles. The van der Waals surface area contributed by atoms with Crippen molar-refractivity contribution in [2.45, 2.75) is 16.0 Å². The van der Waals surface area contributed by atoms with Gasteiger partial charge in [0.2, 0.25) is 0 Å². The molecule has 3 rings (SSSR count). The number of sulfonamides is 2. The second kappa shape index (κ2) is 8.90. The van der Waals surface area contributed by atoms with Crippen molar-refractivity contribution in [2.24, 2.45) is 0 Å². The third-order valence-electron chi connectivity index (χ3n) is 4.29. The van der Waals surface area contributed by atoms with Gasteiger partial charge in [-0.3, -0.25) is 9.44 Å². The van der Waals surface area contributed by atoms with E-state index in [-0.39, 0.29) is 26.9 Å². The van der Waals surface area contributed by atoms with Crippen LogP contribution in [0.15, 0.2) is 76.5 Å². The molecule has 0 aliphatic rings. The summed E-state index contributed by atoms with van der Waals surface area (Å²) in [6, 6.07) is 11.1. The molecule has 3 aromatic carbocycles. The Hall–Kier alpha value is -3.32. The lowest BCUT2D eigenvalue weighted by molar-refractivity contribution is -0.137. The molecule has 0 unspecified atom stereocenters. The fourth-order valence-corrected chi connectivity index (χ4v) is 4.82. The average Bonchev–Trinajstić information content (AvgIpc) is 2.73. The fraction of sp³-hybridized carbons (Fsp3) is 0.100. The zero-order valence-electron chi connectivity index (χ0n) is 16.7. The molecule has 0 bridgehead atoms. The van der Waals surface area contributed by atoms with E-state index in [9.17, 15) is 34.4 Å². The number of rotatable bonds is 7. The first kappa shape index (κ1) is 24.3. The van der Waals surface area contributed by atoms with Crippen LogP contribution in [-0.2, 0) is 26.2 Å². The number of halogens is 4. The molecule has 0 radical (unpaired) electrons. The van der Waals surface area contributed by atoms with Crippen molar-refractivity contribution in [2.75, 3.05) is 16.6 Å². The molecule has 0 amide bonds. The molecule has 0 saturated carbocycles. The lowest BCUT2D eigenvalue weighted by Gasteiger charge is -2.12. The molecule has 13 heteroatoms. The molecule has 0 aliphatic carbocycles. The summed E-state index contributed by atoms with van der Waals surface area (Å²) >= 11 is 0. The summed E-state index contributed by atoms with van der Waals surface area (Å²) in [5, 5.41) is 0. The van der Waals surface area contributed by atoms with E-state index in [1.807, 2.05) is 4.72 Å². The molecule has 0 atom stereocenters. The normalized spacial score (nSPS) is 12.3. The number of anilines is 2. The molecule has 2 N–H and O–H groups in total. The largest absolute Gasteiger partial charge is 0.494 e. The van der Waals surface area contributed by atoms with Gasteiger partial charge in [0.1, 0.15) is 0 Å². The van der Waals surface area contributed by atoms with Gasteiger partial charge in [0.15, 0.2) is 11.6 Å². The van der Waals surface area contributed by atoms with E-state index >= 15 is 0 Å². The standard InChI is InChI=1S/C20H16F4N2O5S2/c1-31-19-10-9-17(12-18(19)21)33(29,30)25-14-5-7-16(8-6-14)32(27,28)26-15-4-2-3-13(11-15)20(22,23)24/h2-12,25-26H,1H3. The highest BCUT2D eigenvalue weighted by Crippen LogP contribution is 2.31. The number of alkyl halides is 3. The molecule has 0 spiro atoms. The van der Waals surface area contributed by atoms with Crippen molar-refractivity contribution in [1.82, 2.24) is 0 Å². The molecular formula is C20H16F4N2O5S2.